The Bertz CT molecular complexity index is 441. The van der Waals surface area contributed by atoms with Crippen molar-refractivity contribution in [3.63, 3.8) is 0 Å². The van der Waals surface area contributed by atoms with Gasteiger partial charge in [-0.15, -0.1) is 0 Å². The van der Waals surface area contributed by atoms with Gasteiger partial charge in [0, 0.05) is 19.7 Å². The van der Waals surface area contributed by atoms with Crippen molar-refractivity contribution in [2.45, 2.75) is 25.9 Å². The fourth-order valence-corrected chi connectivity index (χ4v) is 1.52. The number of nitro groups is 1. The third-order valence-corrected chi connectivity index (χ3v) is 2.67. The molecule has 2 N–H and O–H groups in total. The second-order valence-electron chi connectivity index (χ2n) is 4.06. The number of aliphatic hydroxyl groups is 1. The minimum absolute atomic E-state index is 0.115. The number of rotatable bonds is 6. The van der Waals surface area contributed by atoms with Crippen LogP contribution in [0, 0.1) is 10.1 Å². The summed E-state index contributed by atoms with van der Waals surface area (Å²) < 4.78 is 1.41. The first-order valence-corrected chi connectivity index (χ1v) is 5.72. The molecule has 100 valence electrons. The van der Waals surface area contributed by atoms with E-state index in [0.717, 1.165) is 0 Å². The Morgan fingerprint density at radius 3 is 2.83 bits per heavy atom. The molecule has 18 heavy (non-hydrogen) atoms. The normalized spacial score (nSPS) is 12.2. The number of carbonyl (C=O) groups is 1. The highest BCUT2D eigenvalue weighted by atomic mass is 16.6. The molecule has 0 saturated carbocycles. The molecule has 7 heteroatoms. The molecule has 0 aliphatic carbocycles. The van der Waals surface area contributed by atoms with Gasteiger partial charge in [0.15, 0.2) is 0 Å². The Kier molecular flexibility index (Phi) is 4.85. The first kappa shape index (κ1) is 14.2. The molecule has 1 amide bonds. The zero-order valence-electron chi connectivity index (χ0n) is 10.4. The highest BCUT2D eigenvalue weighted by Crippen LogP contribution is 2.14. The summed E-state index contributed by atoms with van der Waals surface area (Å²) in [5.74, 6) is -0.381. The van der Waals surface area contributed by atoms with E-state index in [9.17, 15) is 20.0 Å². The SMILES string of the molecule is CCC(O)CCNC(=O)c1cc([N+](=O)[O-])cn1C. The van der Waals surface area contributed by atoms with Crippen LogP contribution in [-0.4, -0.2) is 33.2 Å². The van der Waals surface area contributed by atoms with E-state index in [1.807, 2.05) is 6.92 Å². The van der Waals surface area contributed by atoms with Crippen LogP contribution >= 0.6 is 0 Å². The lowest BCUT2D eigenvalue weighted by Crippen LogP contribution is -2.28. The molecule has 0 spiro atoms. The molecule has 7 nitrogen and oxygen atoms in total. The van der Waals surface area contributed by atoms with Crippen LogP contribution in [0.1, 0.15) is 30.3 Å². The van der Waals surface area contributed by atoms with E-state index < -0.39 is 11.0 Å². The molecule has 0 bridgehead atoms. The number of carbonyl (C=O) groups excluding carboxylic acids is 1. The number of amides is 1. The number of hydrogen-bond donors (Lipinski definition) is 2. The van der Waals surface area contributed by atoms with Gasteiger partial charge >= 0.3 is 0 Å². The van der Waals surface area contributed by atoms with Crippen LogP contribution < -0.4 is 5.32 Å². The summed E-state index contributed by atoms with van der Waals surface area (Å²) >= 11 is 0. The second kappa shape index (κ2) is 6.15. The molecule has 1 heterocycles. The molecule has 0 aliphatic rings. The molecular formula is C11H17N3O4. The maximum Gasteiger partial charge on any atom is 0.287 e. The van der Waals surface area contributed by atoms with E-state index in [1.165, 1.54) is 16.8 Å². The third kappa shape index (κ3) is 3.56. The molecule has 0 aromatic carbocycles. The van der Waals surface area contributed by atoms with E-state index in [2.05, 4.69) is 5.32 Å². The average molecular weight is 255 g/mol. The highest BCUT2D eigenvalue weighted by Gasteiger charge is 2.17. The Morgan fingerprint density at radius 1 is 1.67 bits per heavy atom. The molecule has 0 radical (unpaired) electrons. The molecule has 0 aliphatic heterocycles. The van der Waals surface area contributed by atoms with E-state index in [-0.39, 0.29) is 17.3 Å². The lowest BCUT2D eigenvalue weighted by atomic mass is 10.2. The van der Waals surface area contributed by atoms with Crippen LogP contribution in [-0.2, 0) is 7.05 Å². The van der Waals surface area contributed by atoms with Crippen molar-refractivity contribution >= 4 is 11.6 Å². The number of nitrogens with one attached hydrogen (secondary N) is 1. The Balaban J connectivity index is 2.59. The van der Waals surface area contributed by atoms with Gasteiger partial charge in [-0.05, 0) is 12.8 Å². The molecule has 1 aromatic heterocycles. The minimum atomic E-state index is -0.544. The summed E-state index contributed by atoms with van der Waals surface area (Å²) in [7, 11) is 1.57. The predicted molar refractivity (Wildman–Crippen MR) is 65.3 cm³/mol. The van der Waals surface area contributed by atoms with Crippen LogP contribution in [0.5, 0.6) is 0 Å². The van der Waals surface area contributed by atoms with Gasteiger partial charge < -0.3 is 15.0 Å². The number of aromatic nitrogens is 1. The number of nitrogens with zero attached hydrogens (tertiary/aromatic N) is 2. The maximum absolute atomic E-state index is 11.7. The van der Waals surface area contributed by atoms with Gasteiger partial charge in [-0.25, -0.2) is 0 Å². The van der Waals surface area contributed by atoms with Gasteiger partial charge in [-0.1, -0.05) is 6.92 Å². The Labute approximate surface area is 105 Å². The minimum Gasteiger partial charge on any atom is -0.393 e. The largest absolute Gasteiger partial charge is 0.393 e. The fraction of sp³-hybridized carbons (Fsp3) is 0.545. The van der Waals surface area contributed by atoms with Crippen molar-refractivity contribution < 1.29 is 14.8 Å². The summed E-state index contributed by atoms with van der Waals surface area (Å²) in [5, 5.41) is 22.5. The molecular weight excluding hydrogens is 238 g/mol. The standard InChI is InChI=1S/C11H17N3O4/c1-3-9(15)4-5-12-11(16)10-6-8(14(17)18)7-13(10)2/h6-7,9,15H,3-5H2,1-2H3,(H,12,16). The molecule has 0 saturated heterocycles. The number of hydrogen-bond acceptors (Lipinski definition) is 4. The summed E-state index contributed by atoms with van der Waals surface area (Å²) in [4.78, 5) is 21.7. The van der Waals surface area contributed by atoms with Crippen molar-refractivity contribution in [1.29, 1.82) is 0 Å². The van der Waals surface area contributed by atoms with Gasteiger partial charge in [-0.2, -0.15) is 0 Å². The third-order valence-electron chi connectivity index (χ3n) is 2.67. The van der Waals surface area contributed by atoms with Gasteiger partial charge in [0.05, 0.1) is 17.2 Å². The monoisotopic (exact) mass is 255 g/mol. The lowest BCUT2D eigenvalue weighted by Gasteiger charge is -2.08. The van der Waals surface area contributed by atoms with E-state index >= 15 is 0 Å². The summed E-state index contributed by atoms with van der Waals surface area (Å²) in [6.07, 6.45) is 1.95. The van der Waals surface area contributed by atoms with Gasteiger partial charge in [0.25, 0.3) is 11.6 Å². The first-order chi connectivity index (χ1) is 8.45. The summed E-state index contributed by atoms with van der Waals surface area (Å²) in [6, 6.07) is 1.23. The molecule has 1 aromatic rings. The van der Waals surface area contributed by atoms with Crippen LogP contribution in [0.4, 0.5) is 5.69 Å². The Morgan fingerprint density at radius 2 is 2.33 bits per heavy atom. The molecule has 1 rings (SSSR count). The zero-order valence-corrected chi connectivity index (χ0v) is 10.4. The van der Waals surface area contributed by atoms with E-state index in [4.69, 9.17) is 0 Å². The predicted octanol–water partition coefficient (Wildman–Crippen LogP) is 0.824. The van der Waals surface area contributed by atoms with E-state index in [0.29, 0.717) is 19.4 Å². The smallest absolute Gasteiger partial charge is 0.287 e. The van der Waals surface area contributed by atoms with Gasteiger partial charge in [-0.3, -0.25) is 14.9 Å². The van der Waals surface area contributed by atoms with Gasteiger partial charge in [0.1, 0.15) is 5.69 Å². The lowest BCUT2D eigenvalue weighted by molar-refractivity contribution is -0.384. The van der Waals surface area contributed by atoms with Crippen molar-refractivity contribution in [3.8, 4) is 0 Å². The topological polar surface area (TPSA) is 97.4 Å². The van der Waals surface area contributed by atoms with Crippen molar-refractivity contribution in [2.24, 2.45) is 7.05 Å². The quantitative estimate of drug-likeness (QED) is 0.581. The summed E-state index contributed by atoms with van der Waals surface area (Å²) in [5.41, 5.74) is 0.115. The van der Waals surface area contributed by atoms with Crippen molar-refractivity contribution in [2.75, 3.05) is 6.54 Å². The number of aliphatic hydroxyl groups excluding tert-OH is 1. The fourth-order valence-electron chi connectivity index (χ4n) is 1.52. The highest BCUT2D eigenvalue weighted by molar-refractivity contribution is 5.93. The average Bonchev–Trinajstić information content (AvgIpc) is 2.71. The first-order valence-electron chi connectivity index (χ1n) is 5.72. The summed E-state index contributed by atoms with van der Waals surface area (Å²) in [6.45, 7) is 2.19. The zero-order chi connectivity index (χ0) is 13.7. The van der Waals surface area contributed by atoms with Crippen LogP contribution in [0.2, 0.25) is 0 Å². The van der Waals surface area contributed by atoms with E-state index in [1.54, 1.807) is 7.05 Å². The molecule has 1 atom stereocenters. The maximum atomic E-state index is 11.7. The second-order valence-corrected chi connectivity index (χ2v) is 4.06. The molecule has 1 unspecified atom stereocenters. The van der Waals surface area contributed by atoms with Gasteiger partial charge in [0.2, 0.25) is 0 Å². The molecule has 0 fully saturated rings. The van der Waals surface area contributed by atoms with Crippen LogP contribution in [0.15, 0.2) is 12.3 Å². The number of aryl methyl sites for hydroxylation is 1. The Hall–Kier alpha value is -1.89. The van der Waals surface area contributed by atoms with Crippen molar-refractivity contribution in [3.05, 3.63) is 28.1 Å². The van der Waals surface area contributed by atoms with Crippen LogP contribution in [0.3, 0.4) is 0 Å². The van der Waals surface area contributed by atoms with Crippen molar-refractivity contribution in [1.82, 2.24) is 9.88 Å². The van der Waals surface area contributed by atoms with Crippen LogP contribution in [0.25, 0.3) is 0 Å².